The number of aromatic nitrogens is 4. The lowest BCUT2D eigenvalue weighted by atomic mass is 9.97. The van der Waals surface area contributed by atoms with Gasteiger partial charge < -0.3 is 5.11 Å². The van der Waals surface area contributed by atoms with Gasteiger partial charge in [0.1, 0.15) is 5.82 Å². The Kier molecular flexibility index (Phi) is 5.83. The predicted molar refractivity (Wildman–Crippen MR) is 137 cm³/mol. The van der Waals surface area contributed by atoms with E-state index >= 15 is 0 Å². The molecule has 2 atom stereocenters. The van der Waals surface area contributed by atoms with Crippen LogP contribution in [-0.2, 0) is 12.8 Å². The predicted octanol–water partition coefficient (Wildman–Crippen LogP) is 4.95. The second kappa shape index (κ2) is 9.30. The average molecular weight is 481 g/mol. The molecular weight excluding hydrogens is 452 g/mol. The third-order valence-corrected chi connectivity index (χ3v) is 7.66. The SMILES string of the molecule is O=C(O)c1cccc2c(=O)n(-c3ccc(C[C@H]4CC[C@H](Cc5ncc(C6CC6)cn5)C4)nc3)ccc12. The first-order valence-corrected chi connectivity index (χ1v) is 12.7. The van der Waals surface area contributed by atoms with E-state index in [1.54, 1.807) is 30.6 Å². The first kappa shape index (κ1) is 22.6. The standard InChI is InChI=1S/C29H28N4O3/c34-28-25-2-1-3-26(29(35)36)24(25)10-11-33(28)23-9-8-22(30-17-23)13-18-4-5-19(12-18)14-27-31-15-21(16-32-27)20-6-7-20/h1-3,8-11,15-20H,4-7,12-14H2,(H,35,36)/t18-,19-/m0/s1. The van der Waals surface area contributed by atoms with E-state index < -0.39 is 5.97 Å². The summed E-state index contributed by atoms with van der Waals surface area (Å²) in [6, 6.07) is 10.4. The van der Waals surface area contributed by atoms with Crippen molar-refractivity contribution in [1.29, 1.82) is 0 Å². The van der Waals surface area contributed by atoms with E-state index in [1.807, 2.05) is 24.5 Å². The summed E-state index contributed by atoms with van der Waals surface area (Å²) in [6.07, 6.45) is 15.3. The maximum absolute atomic E-state index is 13.0. The highest BCUT2D eigenvalue weighted by Gasteiger charge is 2.27. The van der Waals surface area contributed by atoms with Crippen molar-refractivity contribution in [3.05, 3.63) is 94.2 Å². The Balaban J connectivity index is 1.11. The Morgan fingerprint density at radius 3 is 2.36 bits per heavy atom. The molecule has 0 aliphatic heterocycles. The molecule has 1 aromatic carbocycles. The Bertz CT molecular complexity index is 1470. The Labute approximate surface area is 208 Å². The zero-order valence-electron chi connectivity index (χ0n) is 20.0. The van der Waals surface area contributed by atoms with E-state index in [2.05, 4.69) is 15.0 Å². The molecule has 0 bridgehead atoms. The van der Waals surface area contributed by atoms with Crippen molar-refractivity contribution in [2.75, 3.05) is 0 Å². The fourth-order valence-electron chi connectivity index (χ4n) is 5.55. The van der Waals surface area contributed by atoms with Crippen LogP contribution in [0.2, 0.25) is 0 Å². The first-order chi connectivity index (χ1) is 17.5. The molecule has 2 aliphatic carbocycles. The van der Waals surface area contributed by atoms with Gasteiger partial charge >= 0.3 is 5.97 Å². The summed E-state index contributed by atoms with van der Waals surface area (Å²) in [6.45, 7) is 0. The van der Waals surface area contributed by atoms with Crippen LogP contribution in [0.4, 0.5) is 0 Å². The van der Waals surface area contributed by atoms with Gasteiger partial charge in [-0.25, -0.2) is 14.8 Å². The van der Waals surface area contributed by atoms with Gasteiger partial charge in [-0.15, -0.1) is 0 Å². The molecule has 0 amide bonds. The molecular formula is C29H28N4O3. The minimum Gasteiger partial charge on any atom is -0.478 e. The monoisotopic (exact) mass is 480 g/mol. The quantitative estimate of drug-likeness (QED) is 0.402. The van der Waals surface area contributed by atoms with Gasteiger partial charge in [-0.3, -0.25) is 14.3 Å². The van der Waals surface area contributed by atoms with E-state index in [4.69, 9.17) is 0 Å². The summed E-state index contributed by atoms with van der Waals surface area (Å²) in [5, 5.41) is 10.2. The van der Waals surface area contributed by atoms with E-state index in [0.29, 0.717) is 34.2 Å². The number of hydrogen-bond donors (Lipinski definition) is 1. The summed E-state index contributed by atoms with van der Waals surface area (Å²) < 4.78 is 1.52. The molecule has 182 valence electrons. The van der Waals surface area contributed by atoms with Gasteiger partial charge in [-0.1, -0.05) is 6.07 Å². The van der Waals surface area contributed by atoms with Crippen LogP contribution in [0.5, 0.6) is 0 Å². The maximum Gasteiger partial charge on any atom is 0.336 e. The van der Waals surface area contributed by atoms with Crippen molar-refractivity contribution in [2.45, 2.75) is 50.9 Å². The number of carboxylic acid groups (broad SMARTS) is 1. The van der Waals surface area contributed by atoms with Crippen LogP contribution in [-0.4, -0.2) is 30.6 Å². The van der Waals surface area contributed by atoms with Gasteiger partial charge in [-0.2, -0.15) is 0 Å². The molecule has 0 saturated heterocycles. The highest BCUT2D eigenvalue weighted by molar-refractivity contribution is 6.03. The molecule has 2 fully saturated rings. The molecule has 2 saturated carbocycles. The van der Waals surface area contributed by atoms with Gasteiger partial charge in [0.25, 0.3) is 5.56 Å². The number of aromatic carboxylic acids is 1. The maximum atomic E-state index is 13.0. The lowest BCUT2D eigenvalue weighted by molar-refractivity contribution is 0.0699. The number of hydrogen-bond acceptors (Lipinski definition) is 5. The summed E-state index contributed by atoms with van der Waals surface area (Å²) in [5.41, 5.74) is 2.85. The van der Waals surface area contributed by atoms with Crippen molar-refractivity contribution in [2.24, 2.45) is 11.8 Å². The number of carbonyl (C=O) groups is 1. The molecule has 0 unspecified atom stereocenters. The van der Waals surface area contributed by atoms with Gasteiger partial charge in [0.15, 0.2) is 0 Å². The molecule has 0 spiro atoms. The van der Waals surface area contributed by atoms with Gasteiger partial charge in [0.05, 0.1) is 17.4 Å². The lowest BCUT2D eigenvalue weighted by Crippen LogP contribution is -2.18. The Morgan fingerprint density at radius 1 is 0.889 bits per heavy atom. The van der Waals surface area contributed by atoms with Crippen LogP contribution in [0.3, 0.4) is 0 Å². The minimum absolute atomic E-state index is 0.127. The second-order valence-corrected chi connectivity index (χ2v) is 10.2. The summed E-state index contributed by atoms with van der Waals surface area (Å²) in [7, 11) is 0. The van der Waals surface area contributed by atoms with Crippen LogP contribution in [0.25, 0.3) is 16.5 Å². The minimum atomic E-state index is -1.04. The average Bonchev–Trinajstić information content (AvgIpc) is 3.65. The van der Waals surface area contributed by atoms with E-state index in [-0.39, 0.29) is 11.1 Å². The number of fused-ring (bicyclic) bond motifs is 1. The van der Waals surface area contributed by atoms with Gasteiger partial charge in [0.2, 0.25) is 0 Å². The number of carboxylic acids is 1. The molecule has 4 aromatic rings. The van der Waals surface area contributed by atoms with E-state index in [0.717, 1.165) is 30.8 Å². The summed E-state index contributed by atoms with van der Waals surface area (Å²) >= 11 is 0. The van der Waals surface area contributed by atoms with Crippen molar-refractivity contribution < 1.29 is 9.90 Å². The zero-order valence-corrected chi connectivity index (χ0v) is 20.0. The van der Waals surface area contributed by atoms with Crippen molar-refractivity contribution in [1.82, 2.24) is 19.5 Å². The highest BCUT2D eigenvalue weighted by Crippen LogP contribution is 2.39. The number of benzene rings is 1. The normalized spacial score (nSPS) is 19.6. The first-order valence-electron chi connectivity index (χ1n) is 12.7. The van der Waals surface area contributed by atoms with Crippen LogP contribution in [0, 0.1) is 11.8 Å². The Morgan fingerprint density at radius 2 is 1.67 bits per heavy atom. The smallest absolute Gasteiger partial charge is 0.336 e. The molecule has 7 nitrogen and oxygen atoms in total. The number of rotatable bonds is 7. The zero-order chi connectivity index (χ0) is 24.6. The topological polar surface area (TPSA) is 98.0 Å². The van der Waals surface area contributed by atoms with E-state index in [1.165, 1.54) is 41.9 Å². The van der Waals surface area contributed by atoms with Crippen LogP contribution in [0.15, 0.2) is 66.0 Å². The van der Waals surface area contributed by atoms with E-state index in [9.17, 15) is 14.7 Å². The second-order valence-electron chi connectivity index (χ2n) is 10.2. The molecule has 36 heavy (non-hydrogen) atoms. The molecule has 3 aromatic heterocycles. The molecule has 7 heteroatoms. The van der Waals surface area contributed by atoms with Crippen molar-refractivity contribution in [3.63, 3.8) is 0 Å². The molecule has 3 heterocycles. The summed E-state index contributed by atoms with van der Waals surface area (Å²) in [5.74, 6) is 1.82. The molecule has 1 N–H and O–H groups in total. The third-order valence-electron chi connectivity index (χ3n) is 7.66. The lowest BCUT2D eigenvalue weighted by Gasteiger charge is -2.12. The van der Waals surface area contributed by atoms with Gasteiger partial charge in [0, 0.05) is 41.5 Å². The third kappa shape index (κ3) is 4.53. The van der Waals surface area contributed by atoms with Crippen LogP contribution >= 0.6 is 0 Å². The molecule has 0 radical (unpaired) electrons. The fraction of sp³-hybridized carbons (Fsp3) is 0.345. The van der Waals surface area contributed by atoms with Crippen LogP contribution < -0.4 is 5.56 Å². The van der Waals surface area contributed by atoms with Crippen LogP contribution in [0.1, 0.15) is 65.5 Å². The number of pyridine rings is 2. The fourth-order valence-corrected chi connectivity index (χ4v) is 5.55. The highest BCUT2D eigenvalue weighted by atomic mass is 16.4. The Hall–Kier alpha value is -3.87. The van der Waals surface area contributed by atoms with Crippen molar-refractivity contribution >= 4 is 16.7 Å². The molecule has 2 aliphatic rings. The number of nitrogens with zero attached hydrogens (tertiary/aromatic N) is 4. The largest absolute Gasteiger partial charge is 0.478 e. The van der Waals surface area contributed by atoms with Crippen molar-refractivity contribution in [3.8, 4) is 5.69 Å². The molecule has 6 rings (SSSR count). The van der Waals surface area contributed by atoms with Gasteiger partial charge in [-0.05, 0) is 92.2 Å². The summed E-state index contributed by atoms with van der Waals surface area (Å²) in [4.78, 5) is 38.4.